The summed E-state index contributed by atoms with van der Waals surface area (Å²) in [4.78, 5) is 0. The second-order valence-electron chi connectivity index (χ2n) is 3.38. The molecule has 1 aliphatic heterocycles. The Labute approximate surface area is 80.0 Å². The minimum atomic E-state index is -1.41. The molecule has 12 heavy (non-hydrogen) atoms. The highest BCUT2D eigenvalue weighted by Gasteiger charge is 2.30. The van der Waals surface area contributed by atoms with Gasteiger partial charge in [0.1, 0.15) is 0 Å². The third kappa shape index (κ3) is 1.72. The summed E-state index contributed by atoms with van der Waals surface area (Å²) in [6, 6.07) is 0. The van der Waals surface area contributed by atoms with E-state index < -0.39 is 6.34 Å². The first-order chi connectivity index (χ1) is 5.48. The molecule has 1 rings (SSSR count). The van der Waals surface area contributed by atoms with Gasteiger partial charge >= 0.3 is 0 Å². The summed E-state index contributed by atoms with van der Waals surface area (Å²) >= 11 is 5.54. The molecule has 1 saturated heterocycles. The molecule has 1 fully saturated rings. The van der Waals surface area contributed by atoms with Crippen LogP contribution in [0.25, 0.3) is 0 Å². The summed E-state index contributed by atoms with van der Waals surface area (Å²) in [5.41, 5.74) is 0. The van der Waals surface area contributed by atoms with Crippen molar-refractivity contribution in [2.24, 2.45) is 5.92 Å². The number of terminal acetylenes is 1. The van der Waals surface area contributed by atoms with Crippen LogP contribution < -0.4 is 0 Å². The second kappa shape index (κ2) is 3.47. The molecule has 0 bridgehead atoms. The van der Waals surface area contributed by atoms with Gasteiger partial charge in [0.25, 0.3) is 0 Å². The Kier molecular flexibility index (Phi) is 2.96. The van der Waals surface area contributed by atoms with Crippen LogP contribution in [0.1, 0.15) is 0 Å². The topological polar surface area (TPSA) is 6.48 Å². The zero-order valence-electron chi connectivity index (χ0n) is 7.82. The van der Waals surface area contributed by atoms with Gasteiger partial charge < -0.3 is 0 Å². The van der Waals surface area contributed by atoms with E-state index in [1.165, 1.54) is 0 Å². The van der Waals surface area contributed by atoms with Gasteiger partial charge in [0.15, 0.2) is 0 Å². The first-order valence-electron chi connectivity index (χ1n) is 3.95. The van der Waals surface area contributed by atoms with Gasteiger partial charge in [-0.05, 0) is 20.8 Å². The van der Waals surface area contributed by atoms with Crippen LogP contribution in [-0.4, -0.2) is 43.2 Å². The molecule has 2 nitrogen and oxygen atoms in total. The third-order valence-electron chi connectivity index (χ3n) is 2.47. The van der Waals surface area contributed by atoms with E-state index in [-0.39, 0.29) is 0 Å². The zero-order valence-corrected chi connectivity index (χ0v) is 9.53. The average molecular weight is 202 g/mol. The van der Waals surface area contributed by atoms with E-state index in [1.54, 1.807) is 0 Å². The first-order valence-corrected chi connectivity index (χ1v) is 7.11. The zero-order chi connectivity index (χ0) is 9.35. The molecule has 0 radical (unpaired) electrons. The molecular formula is C8H15N2PS. The van der Waals surface area contributed by atoms with Crippen LogP contribution in [0.4, 0.5) is 0 Å². The Bertz CT molecular complexity index is 242. The summed E-state index contributed by atoms with van der Waals surface area (Å²) in [6.45, 7) is 4.05. The molecule has 68 valence electrons. The second-order valence-corrected chi connectivity index (χ2v) is 8.49. The van der Waals surface area contributed by atoms with Crippen molar-refractivity contribution in [1.82, 2.24) is 9.34 Å². The molecule has 0 N–H and O–H groups in total. The van der Waals surface area contributed by atoms with E-state index in [4.69, 9.17) is 18.2 Å². The first kappa shape index (κ1) is 10.2. The summed E-state index contributed by atoms with van der Waals surface area (Å²) in [7, 11) is 4.14. The normalized spacial score (nSPS) is 39.3. The Balaban J connectivity index is 2.79. The predicted molar refractivity (Wildman–Crippen MR) is 57.8 cm³/mol. The molecule has 0 spiro atoms. The molecule has 0 unspecified atom stereocenters. The van der Waals surface area contributed by atoms with Crippen LogP contribution in [-0.2, 0) is 11.8 Å². The van der Waals surface area contributed by atoms with Crippen LogP contribution >= 0.6 is 6.34 Å². The Morgan fingerprint density at radius 1 is 1.42 bits per heavy atom. The Morgan fingerprint density at radius 3 is 2.17 bits per heavy atom. The molecule has 0 aliphatic carbocycles. The smallest absolute Gasteiger partial charge is 0.0741 e. The van der Waals surface area contributed by atoms with Gasteiger partial charge in [0.05, 0.1) is 6.34 Å². The fourth-order valence-corrected chi connectivity index (χ4v) is 3.29. The minimum Gasteiger partial charge on any atom is -0.266 e. The molecule has 0 aromatic heterocycles. The van der Waals surface area contributed by atoms with E-state index in [1.807, 2.05) is 0 Å². The highest BCUT2D eigenvalue weighted by Crippen LogP contribution is 2.50. The van der Waals surface area contributed by atoms with E-state index in [0.29, 0.717) is 5.92 Å². The van der Waals surface area contributed by atoms with Gasteiger partial charge in [0.2, 0.25) is 0 Å². The van der Waals surface area contributed by atoms with Crippen LogP contribution in [0.5, 0.6) is 0 Å². The van der Waals surface area contributed by atoms with Crippen LogP contribution in [0.15, 0.2) is 0 Å². The largest absolute Gasteiger partial charge is 0.266 e. The van der Waals surface area contributed by atoms with Gasteiger partial charge in [0, 0.05) is 19.0 Å². The van der Waals surface area contributed by atoms with Crippen LogP contribution in [0, 0.1) is 18.3 Å². The summed E-state index contributed by atoms with van der Waals surface area (Å²) in [5.74, 6) is 3.13. The van der Waals surface area contributed by atoms with Gasteiger partial charge in [-0.15, -0.1) is 12.3 Å². The molecule has 1 heterocycles. The molecule has 0 atom stereocenters. The SMILES string of the molecule is C#CC1CN(C)P(C)(=S)N(C)C1. The van der Waals surface area contributed by atoms with Crippen molar-refractivity contribution in [1.29, 1.82) is 0 Å². The maximum Gasteiger partial charge on any atom is 0.0741 e. The number of nitrogens with zero attached hydrogens (tertiary/aromatic N) is 2. The molecule has 0 amide bonds. The fraction of sp³-hybridized carbons (Fsp3) is 0.750. The van der Waals surface area contributed by atoms with Gasteiger partial charge in [-0.25, -0.2) is 0 Å². The maximum atomic E-state index is 5.54. The van der Waals surface area contributed by atoms with Crippen LogP contribution in [0.2, 0.25) is 0 Å². The lowest BCUT2D eigenvalue weighted by Gasteiger charge is -2.43. The van der Waals surface area contributed by atoms with Crippen molar-refractivity contribution < 1.29 is 0 Å². The standard InChI is InChI=1S/C8H15N2PS/c1-5-8-6-9(2)11(4,12)10(3)7-8/h1,8H,6-7H2,2-4H3. The average Bonchev–Trinajstić information content (AvgIpc) is 2.00. The van der Waals surface area contributed by atoms with E-state index in [0.717, 1.165) is 13.1 Å². The lowest BCUT2D eigenvalue weighted by Crippen LogP contribution is -2.40. The van der Waals surface area contributed by atoms with Gasteiger partial charge in [-0.2, -0.15) is 0 Å². The molecular weight excluding hydrogens is 187 g/mol. The lowest BCUT2D eigenvalue weighted by atomic mass is 10.1. The number of hydrogen-bond acceptors (Lipinski definition) is 1. The van der Waals surface area contributed by atoms with E-state index >= 15 is 0 Å². The summed E-state index contributed by atoms with van der Waals surface area (Å²) in [6.07, 6.45) is 3.98. The van der Waals surface area contributed by atoms with Crippen LogP contribution in [0.3, 0.4) is 0 Å². The van der Waals surface area contributed by atoms with Gasteiger partial charge in [-0.1, -0.05) is 11.8 Å². The Hall–Kier alpha value is 0.130. The molecule has 4 heteroatoms. The van der Waals surface area contributed by atoms with Crippen molar-refractivity contribution in [2.45, 2.75) is 0 Å². The van der Waals surface area contributed by atoms with Gasteiger partial charge in [-0.3, -0.25) is 9.34 Å². The Morgan fingerprint density at radius 2 is 1.83 bits per heavy atom. The maximum absolute atomic E-state index is 5.54. The van der Waals surface area contributed by atoms with Crippen molar-refractivity contribution in [3.63, 3.8) is 0 Å². The lowest BCUT2D eigenvalue weighted by molar-refractivity contribution is 0.336. The third-order valence-corrected chi connectivity index (χ3v) is 7.01. The monoisotopic (exact) mass is 202 g/mol. The molecule has 0 aromatic rings. The van der Waals surface area contributed by atoms with Crippen molar-refractivity contribution in [2.75, 3.05) is 33.8 Å². The predicted octanol–water partition coefficient (Wildman–Crippen LogP) is 1.05. The number of rotatable bonds is 0. The van der Waals surface area contributed by atoms with E-state index in [9.17, 15) is 0 Å². The highest BCUT2D eigenvalue weighted by molar-refractivity contribution is 8.11. The fourth-order valence-electron chi connectivity index (χ4n) is 1.36. The molecule has 0 aromatic carbocycles. The quantitative estimate of drug-likeness (QED) is 0.428. The van der Waals surface area contributed by atoms with Crippen molar-refractivity contribution in [3.8, 4) is 12.3 Å². The van der Waals surface area contributed by atoms with E-state index in [2.05, 4.69) is 36.0 Å². The minimum absolute atomic E-state index is 0.344. The summed E-state index contributed by atoms with van der Waals surface area (Å²) in [5, 5.41) is 0. The molecule has 1 aliphatic rings. The molecule has 0 saturated carbocycles. The van der Waals surface area contributed by atoms with Crippen molar-refractivity contribution in [3.05, 3.63) is 0 Å². The highest BCUT2D eigenvalue weighted by atomic mass is 32.4. The number of hydrogen-bond donors (Lipinski definition) is 0. The van der Waals surface area contributed by atoms with Crippen molar-refractivity contribution >= 4 is 18.1 Å². The summed E-state index contributed by atoms with van der Waals surface area (Å²) < 4.78 is 4.46.